The maximum Gasteiger partial charge on any atom is 0.230 e. The minimum atomic E-state index is -0.307. The fourth-order valence-electron chi connectivity index (χ4n) is 3.89. The van der Waals surface area contributed by atoms with E-state index in [0.29, 0.717) is 13.0 Å². The molecule has 1 atom stereocenters. The molecule has 4 aromatic carbocycles. The summed E-state index contributed by atoms with van der Waals surface area (Å²) in [4.78, 5) is 13.7. The van der Waals surface area contributed by atoms with Crippen molar-refractivity contribution < 1.29 is 18.3 Å². The lowest BCUT2D eigenvalue weighted by molar-refractivity contribution is -0.124. The van der Waals surface area contributed by atoms with Gasteiger partial charge in [0.15, 0.2) is 0 Å². The normalized spacial score (nSPS) is 14.6. The Labute approximate surface area is 224 Å². The van der Waals surface area contributed by atoms with Crippen molar-refractivity contribution in [3.63, 3.8) is 0 Å². The SMILES string of the molecule is Fc1ccc(/C=C/CBr)cc1.O=C1CC(c2ccc(OCc3ccccc3)cc2)N1c1ccc(F)cc1. The van der Waals surface area contributed by atoms with E-state index >= 15 is 0 Å². The highest BCUT2D eigenvalue weighted by atomic mass is 79.9. The van der Waals surface area contributed by atoms with Crippen molar-refractivity contribution in [2.75, 3.05) is 10.2 Å². The first-order valence-electron chi connectivity index (χ1n) is 11.9. The molecule has 0 N–H and O–H groups in total. The minimum absolute atomic E-state index is 0.0175. The van der Waals surface area contributed by atoms with Gasteiger partial charge in [-0.2, -0.15) is 0 Å². The Hall–Kier alpha value is -3.77. The van der Waals surface area contributed by atoms with Crippen molar-refractivity contribution in [3.05, 3.63) is 138 Å². The molecule has 0 saturated carbocycles. The van der Waals surface area contributed by atoms with Crippen molar-refractivity contribution >= 4 is 33.6 Å². The number of rotatable bonds is 7. The Morgan fingerprint density at radius 3 is 2.05 bits per heavy atom. The summed E-state index contributed by atoms with van der Waals surface area (Å²) in [6, 6.07) is 30.2. The summed E-state index contributed by atoms with van der Waals surface area (Å²) in [7, 11) is 0. The van der Waals surface area contributed by atoms with Crippen LogP contribution >= 0.6 is 15.9 Å². The van der Waals surface area contributed by atoms with Gasteiger partial charge in [-0.25, -0.2) is 8.78 Å². The summed E-state index contributed by atoms with van der Waals surface area (Å²) >= 11 is 3.26. The van der Waals surface area contributed by atoms with Crippen molar-refractivity contribution in [2.45, 2.75) is 19.1 Å². The number of carbonyl (C=O) groups excluding carboxylic acids is 1. The average Bonchev–Trinajstić information content (AvgIpc) is 2.93. The number of halogens is 3. The highest BCUT2D eigenvalue weighted by molar-refractivity contribution is 9.09. The molecule has 0 aromatic heterocycles. The Bertz CT molecular complexity index is 1310. The van der Waals surface area contributed by atoms with Crippen LogP contribution in [0.1, 0.15) is 29.2 Å². The van der Waals surface area contributed by atoms with Crippen LogP contribution in [0.3, 0.4) is 0 Å². The zero-order valence-corrected chi connectivity index (χ0v) is 21.7. The lowest BCUT2D eigenvalue weighted by Gasteiger charge is -2.40. The van der Waals surface area contributed by atoms with Gasteiger partial charge in [0.2, 0.25) is 5.91 Å². The summed E-state index contributed by atoms with van der Waals surface area (Å²) in [5.41, 5.74) is 3.90. The predicted molar refractivity (Wildman–Crippen MR) is 148 cm³/mol. The van der Waals surface area contributed by atoms with Crippen LogP contribution in [0.15, 0.2) is 109 Å². The number of nitrogens with zero attached hydrogens (tertiary/aromatic N) is 1. The Kier molecular flexibility index (Phi) is 9.22. The number of allylic oxidation sites excluding steroid dienone is 1. The molecule has 1 unspecified atom stereocenters. The van der Waals surface area contributed by atoms with E-state index in [0.717, 1.165) is 33.5 Å². The molecule has 0 radical (unpaired) electrons. The van der Waals surface area contributed by atoms with E-state index in [4.69, 9.17) is 4.74 Å². The average molecular weight is 562 g/mol. The number of hydrogen-bond acceptors (Lipinski definition) is 2. The molecule has 1 aliphatic heterocycles. The van der Waals surface area contributed by atoms with Crippen LogP contribution in [0.4, 0.5) is 14.5 Å². The summed E-state index contributed by atoms with van der Waals surface area (Å²) in [5.74, 6) is 0.335. The molecule has 4 aromatic rings. The second kappa shape index (κ2) is 13.0. The molecule has 37 heavy (non-hydrogen) atoms. The van der Waals surface area contributed by atoms with Crippen LogP contribution in [0.25, 0.3) is 6.08 Å². The van der Waals surface area contributed by atoms with Crippen LogP contribution in [-0.2, 0) is 11.4 Å². The molecule has 0 bridgehead atoms. The molecule has 0 aliphatic carbocycles. The van der Waals surface area contributed by atoms with Crippen LogP contribution in [0, 0.1) is 11.6 Å². The van der Waals surface area contributed by atoms with Crippen molar-refractivity contribution in [1.29, 1.82) is 0 Å². The van der Waals surface area contributed by atoms with E-state index in [1.54, 1.807) is 29.2 Å². The number of alkyl halides is 1. The highest BCUT2D eigenvalue weighted by Gasteiger charge is 2.38. The Morgan fingerprint density at radius 2 is 1.46 bits per heavy atom. The van der Waals surface area contributed by atoms with Crippen molar-refractivity contribution in [1.82, 2.24) is 0 Å². The molecule has 188 valence electrons. The van der Waals surface area contributed by atoms with Gasteiger partial charge in [-0.15, -0.1) is 0 Å². The number of anilines is 1. The smallest absolute Gasteiger partial charge is 0.230 e. The lowest BCUT2D eigenvalue weighted by atomic mass is 9.93. The van der Waals surface area contributed by atoms with Crippen molar-refractivity contribution in [2.24, 2.45) is 0 Å². The van der Waals surface area contributed by atoms with E-state index in [1.165, 1.54) is 24.3 Å². The molecule has 1 aliphatic rings. The Morgan fingerprint density at radius 1 is 0.838 bits per heavy atom. The summed E-state index contributed by atoms with van der Waals surface area (Å²) < 4.78 is 31.3. The van der Waals surface area contributed by atoms with E-state index < -0.39 is 0 Å². The number of β-lactam (4-membered cyclic amide) rings is 1. The first kappa shape index (κ1) is 26.3. The van der Waals surface area contributed by atoms with Gasteiger partial charge >= 0.3 is 0 Å². The fraction of sp³-hybridized carbons (Fsp3) is 0.129. The zero-order chi connectivity index (χ0) is 26.0. The van der Waals surface area contributed by atoms with Gasteiger partial charge in [-0.1, -0.05) is 82.7 Å². The molecule has 1 amide bonds. The number of carbonyl (C=O) groups is 1. The van der Waals surface area contributed by atoms with Gasteiger partial charge in [-0.05, 0) is 65.2 Å². The number of hydrogen-bond donors (Lipinski definition) is 0. The zero-order valence-electron chi connectivity index (χ0n) is 20.1. The second-order valence-corrected chi connectivity index (χ2v) is 9.06. The number of ether oxygens (including phenoxy) is 1. The molecule has 3 nitrogen and oxygen atoms in total. The van der Waals surface area contributed by atoms with Gasteiger partial charge in [0, 0.05) is 11.0 Å². The summed E-state index contributed by atoms with van der Waals surface area (Å²) in [6.45, 7) is 0.518. The van der Waals surface area contributed by atoms with Gasteiger partial charge in [0.25, 0.3) is 0 Å². The van der Waals surface area contributed by atoms with E-state index in [2.05, 4.69) is 15.9 Å². The monoisotopic (exact) mass is 561 g/mol. The van der Waals surface area contributed by atoms with Crippen LogP contribution < -0.4 is 9.64 Å². The molecular weight excluding hydrogens is 536 g/mol. The molecule has 1 fully saturated rings. The Balaban J connectivity index is 0.000000245. The van der Waals surface area contributed by atoms with E-state index in [-0.39, 0.29) is 23.6 Å². The standard InChI is InChI=1S/C22H18FNO2.C9H8BrF/c23-18-8-10-19(11-9-18)24-21(14-22(24)25)17-6-12-20(13-7-17)26-15-16-4-2-1-3-5-16;10-7-1-2-8-3-5-9(11)6-4-8/h1-13,21H,14-15H2;1-6H,7H2/b;2-1+. The quantitative estimate of drug-likeness (QED) is 0.168. The number of amides is 1. The third kappa shape index (κ3) is 7.37. The summed E-state index contributed by atoms with van der Waals surface area (Å²) in [5, 5.41) is 0.824. The highest BCUT2D eigenvalue weighted by Crippen LogP contribution is 2.39. The topological polar surface area (TPSA) is 29.5 Å². The van der Waals surface area contributed by atoms with Gasteiger partial charge < -0.3 is 9.64 Å². The molecule has 6 heteroatoms. The van der Waals surface area contributed by atoms with Gasteiger partial charge in [-0.3, -0.25) is 4.79 Å². The van der Waals surface area contributed by atoms with E-state index in [1.807, 2.05) is 66.7 Å². The first-order valence-corrected chi connectivity index (χ1v) is 13.0. The maximum atomic E-state index is 13.1. The summed E-state index contributed by atoms with van der Waals surface area (Å²) in [6.07, 6.45) is 4.36. The van der Waals surface area contributed by atoms with Crippen molar-refractivity contribution in [3.8, 4) is 5.75 Å². The van der Waals surface area contributed by atoms with Gasteiger partial charge in [0.05, 0.1) is 12.5 Å². The number of benzene rings is 4. The van der Waals surface area contributed by atoms with Crippen LogP contribution in [0.5, 0.6) is 5.75 Å². The molecule has 5 rings (SSSR count). The third-order valence-electron chi connectivity index (χ3n) is 5.84. The van der Waals surface area contributed by atoms with Gasteiger partial charge in [0.1, 0.15) is 24.0 Å². The first-order chi connectivity index (χ1) is 18.0. The predicted octanol–water partition coefficient (Wildman–Crippen LogP) is 8.12. The third-order valence-corrected chi connectivity index (χ3v) is 6.21. The molecule has 1 saturated heterocycles. The van der Waals surface area contributed by atoms with Crippen LogP contribution in [-0.4, -0.2) is 11.2 Å². The maximum absolute atomic E-state index is 13.1. The minimum Gasteiger partial charge on any atom is -0.489 e. The second-order valence-electron chi connectivity index (χ2n) is 8.41. The largest absolute Gasteiger partial charge is 0.489 e. The van der Waals surface area contributed by atoms with Crippen LogP contribution in [0.2, 0.25) is 0 Å². The molecule has 0 spiro atoms. The molecule has 1 heterocycles. The fourth-order valence-corrected chi connectivity index (χ4v) is 4.08. The molecular formula is C31H26BrF2NO2. The lowest BCUT2D eigenvalue weighted by Crippen LogP contribution is -2.46. The van der Waals surface area contributed by atoms with E-state index in [9.17, 15) is 13.6 Å².